The second kappa shape index (κ2) is 5.54. The van der Waals surface area contributed by atoms with E-state index < -0.39 is 0 Å². The van der Waals surface area contributed by atoms with Gasteiger partial charge in [-0.3, -0.25) is 4.79 Å². The van der Waals surface area contributed by atoms with E-state index in [-0.39, 0.29) is 5.91 Å². The van der Waals surface area contributed by atoms with Gasteiger partial charge in [-0.15, -0.1) is 0 Å². The number of para-hydroxylation sites is 2. The third-order valence-electron chi connectivity index (χ3n) is 2.61. The number of benzene rings is 1. The fraction of sp³-hybridized carbons (Fsp3) is 0.462. The molecule has 0 aliphatic rings. The minimum absolute atomic E-state index is 0.117. The van der Waals surface area contributed by atoms with Gasteiger partial charge in [-0.2, -0.15) is 0 Å². The summed E-state index contributed by atoms with van der Waals surface area (Å²) in [5.74, 6) is 0.664. The Morgan fingerprint density at radius 1 is 1.38 bits per heavy atom. The van der Waals surface area contributed by atoms with Gasteiger partial charge in [0.15, 0.2) is 0 Å². The van der Waals surface area contributed by atoms with Crippen LogP contribution in [0.5, 0.6) is 0 Å². The van der Waals surface area contributed by atoms with E-state index in [2.05, 4.69) is 13.8 Å². The highest BCUT2D eigenvalue weighted by atomic mass is 16.2. The zero-order chi connectivity index (χ0) is 12.1. The van der Waals surface area contributed by atoms with Crippen LogP contribution in [0.15, 0.2) is 24.3 Å². The lowest BCUT2D eigenvalue weighted by Gasteiger charge is -2.19. The molecule has 3 nitrogen and oxygen atoms in total. The fourth-order valence-electron chi connectivity index (χ4n) is 1.51. The summed E-state index contributed by atoms with van der Waals surface area (Å²) in [4.78, 5) is 13.5. The van der Waals surface area contributed by atoms with Gasteiger partial charge in [-0.1, -0.05) is 26.0 Å². The molecular weight excluding hydrogens is 200 g/mol. The van der Waals surface area contributed by atoms with Crippen LogP contribution < -0.4 is 10.6 Å². The average Bonchev–Trinajstić information content (AvgIpc) is 2.25. The summed E-state index contributed by atoms with van der Waals surface area (Å²) in [6, 6.07) is 7.42. The van der Waals surface area contributed by atoms with E-state index in [0.29, 0.717) is 18.0 Å². The number of hydrogen-bond acceptors (Lipinski definition) is 2. The largest absolute Gasteiger partial charge is 0.397 e. The van der Waals surface area contributed by atoms with E-state index >= 15 is 0 Å². The maximum absolute atomic E-state index is 11.9. The Morgan fingerprint density at radius 3 is 2.56 bits per heavy atom. The molecule has 0 unspecified atom stereocenters. The van der Waals surface area contributed by atoms with Crippen LogP contribution in [0.25, 0.3) is 0 Å². The van der Waals surface area contributed by atoms with Crippen LogP contribution in [-0.2, 0) is 4.79 Å². The van der Waals surface area contributed by atoms with E-state index in [1.807, 2.05) is 24.3 Å². The first-order valence-corrected chi connectivity index (χ1v) is 5.63. The molecule has 2 N–H and O–H groups in total. The summed E-state index contributed by atoms with van der Waals surface area (Å²) in [7, 11) is 1.77. The number of rotatable bonds is 4. The monoisotopic (exact) mass is 220 g/mol. The first-order valence-electron chi connectivity index (χ1n) is 5.63. The van der Waals surface area contributed by atoms with Gasteiger partial charge in [0.2, 0.25) is 5.91 Å². The van der Waals surface area contributed by atoms with Crippen molar-refractivity contribution in [3.8, 4) is 0 Å². The average molecular weight is 220 g/mol. The third-order valence-corrected chi connectivity index (χ3v) is 2.61. The lowest BCUT2D eigenvalue weighted by Crippen LogP contribution is -2.26. The standard InChI is InChI=1S/C13H20N2O/c1-10(2)8-9-13(16)15(3)12-7-5-4-6-11(12)14/h4-7,10H,8-9,14H2,1-3H3. The SMILES string of the molecule is CC(C)CCC(=O)N(C)c1ccccc1N. The Balaban J connectivity index is 2.67. The third kappa shape index (κ3) is 3.26. The van der Waals surface area contributed by atoms with Crippen LogP contribution in [0.4, 0.5) is 11.4 Å². The molecule has 0 aliphatic carbocycles. The maximum atomic E-state index is 11.9. The van der Waals surface area contributed by atoms with Crippen molar-refractivity contribution < 1.29 is 4.79 Å². The molecule has 0 bridgehead atoms. The summed E-state index contributed by atoms with van der Waals surface area (Å²) < 4.78 is 0. The van der Waals surface area contributed by atoms with Gasteiger partial charge < -0.3 is 10.6 Å². The second-order valence-corrected chi connectivity index (χ2v) is 4.44. The Morgan fingerprint density at radius 2 is 2.00 bits per heavy atom. The highest BCUT2D eigenvalue weighted by Crippen LogP contribution is 2.22. The molecule has 1 amide bonds. The Labute approximate surface area is 97.2 Å². The van der Waals surface area contributed by atoms with E-state index in [4.69, 9.17) is 5.73 Å². The summed E-state index contributed by atoms with van der Waals surface area (Å²) in [5.41, 5.74) is 7.25. The van der Waals surface area contributed by atoms with Gasteiger partial charge in [-0.05, 0) is 24.5 Å². The normalized spacial score (nSPS) is 10.5. The number of hydrogen-bond donors (Lipinski definition) is 1. The van der Waals surface area contributed by atoms with Crippen LogP contribution >= 0.6 is 0 Å². The topological polar surface area (TPSA) is 46.3 Å². The molecule has 88 valence electrons. The molecule has 1 rings (SSSR count). The Kier molecular flexibility index (Phi) is 4.35. The van der Waals surface area contributed by atoms with E-state index in [9.17, 15) is 4.79 Å². The van der Waals surface area contributed by atoms with Crippen molar-refractivity contribution in [1.29, 1.82) is 0 Å². The molecule has 0 saturated heterocycles. The molecule has 0 aliphatic heterocycles. The number of carbonyl (C=O) groups excluding carboxylic acids is 1. The number of carbonyl (C=O) groups is 1. The molecule has 0 spiro atoms. The molecule has 0 atom stereocenters. The maximum Gasteiger partial charge on any atom is 0.226 e. The molecule has 0 heterocycles. The van der Waals surface area contributed by atoms with Gasteiger partial charge in [0, 0.05) is 13.5 Å². The fourth-order valence-corrected chi connectivity index (χ4v) is 1.51. The highest BCUT2D eigenvalue weighted by Gasteiger charge is 2.12. The minimum atomic E-state index is 0.117. The molecule has 16 heavy (non-hydrogen) atoms. The second-order valence-electron chi connectivity index (χ2n) is 4.44. The van der Waals surface area contributed by atoms with E-state index in [0.717, 1.165) is 12.1 Å². The van der Waals surface area contributed by atoms with Crippen LogP contribution in [-0.4, -0.2) is 13.0 Å². The minimum Gasteiger partial charge on any atom is -0.397 e. The van der Waals surface area contributed by atoms with Crippen molar-refractivity contribution in [3.63, 3.8) is 0 Å². The molecule has 0 aromatic heterocycles. The van der Waals surface area contributed by atoms with Gasteiger partial charge in [0.1, 0.15) is 0 Å². The van der Waals surface area contributed by atoms with Crippen molar-refractivity contribution >= 4 is 17.3 Å². The zero-order valence-corrected chi connectivity index (χ0v) is 10.2. The van der Waals surface area contributed by atoms with Crippen molar-refractivity contribution in [2.45, 2.75) is 26.7 Å². The Bertz CT molecular complexity index is 361. The smallest absolute Gasteiger partial charge is 0.226 e. The highest BCUT2D eigenvalue weighted by molar-refractivity contribution is 5.95. The lowest BCUT2D eigenvalue weighted by molar-refractivity contribution is -0.118. The molecule has 3 heteroatoms. The van der Waals surface area contributed by atoms with E-state index in [1.54, 1.807) is 11.9 Å². The summed E-state index contributed by atoms with van der Waals surface area (Å²) in [6.45, 7) is 4.23. The van der Waals surface area contributed by atoms with Crippen molar-refractivity contribution in [2.24, 2.45) is 5.92 Å². The van der Waals surface area contributed by atoms with Gasteiger partial charge in [0.05, 0.1) is 11.4 Å². The van der Waals surface area contributed by atoms with Crippen LogP contribution in [0.3, 0.4) is 0 Å². The van der Waals surface area contributed by atoms with Gasteiger partial charge in [-0.25, -0.2) is 0 Å². The first-order chi connectivity index (χ1) is 7.52. The summed E-state index contributed by atoms with van der Waals surface area (Å²) in [5, 5.41) is 0. The number of nitrogens with zero attached hydrogens (tertiary/aromatic N) is 1. The summed E-state index contributed by atoms with van der Waals surface area (Å²) in [6.07, 6.45) is 1.48. The Hall–Kier alpha value is -1.51. The van der Waals surface area contributed by atoms with E-state index in [1.165, 1.54) is 0 Å². The molecular formula is C13H20N2O. The van der Waals surface area contributed by atoms with Crippen LogP contribution in [0.2, 0.25) is 0 Å². The van der Waals surface area contributed by atoms with Crippen LogP contribution in [0.1, 0.15) is 26.7 Å². The first kappa shape index (κ1) is 12.6. The number of nitrogens with two attached hydrogens (primary N) is 1. The van der Waals surface area contributed by atoms with Crippen molar-refractivity contribution in [1.82, 2.24) is 0 Å². The quantitative estimate of drug-likeness (QED) is 0.793. The molecule has 0 fully saturated rings. The lowest BCUT2D eigenvalue weighted by atomic mass is 10.1. The predicted octanol–water partition coefficient (Wildman–Crippen LogP) is 2.67. The van der Waals surface area contributed by atoms with Gasteiger partial charge in [0.25, 0.3) is 0 Å². The molecule has 0 saturated carbocycles. The summed E-state index contributed by atoms with van der Waals surface area (Å²) >= 11 is 0. The van der Waals surface area contributed by atoms with Crippen LogP contribution in [0, 0.1) is 5.92 Å². The predicted molar refractivity (Wildman–Crippen MR) is 68.3 cm³/mol. The zero-order valence-electron chi connectivity index (χ0n) is 10.2. The number of amides is 1. The number of nitrogen functional groups attached to an aromatic ring is 1. The number of anilines is 2. The molecule has 0 radical (unpaired) electrons. The van der Waals surface area contributed by atoms with Crippen molar-refractivity contribution in [3.05, 3.63) is 24.3 Å². The molecule has 1 aromatic carbocycles. The van der Waals surface area contributed by atoms with Gasteiger partial charge >= 0.3 is 0 Å². The van der Waals surface area contributed by atoms with Crippen molar-refractivity contribution in [2.75, 3.05) is 17.7 Å². The molecule has 1 aromatic rings.